The van der Waals surface area contributed by atoms with Crippen LogP contribution in [0.3, 0.4) is 0 Å². The van der Waals surface area contributed by atoms with Crippen LogP contribution < -0.4 is 18.9 Å². The van der Waals surface area contributed by atoms with E-state index in [2.05, 4.69) is 19.1 Å². The number of carbonyl (C=O) groups excluding carboxylic acids is 1. The van der Waals surface area contributed by atoms with Crippen molar-refractivity contribution in [2.75, 3.05) is 6.61 Å². The fourth-order valence-corrected chi connectivity index (χ4v) is 6.49. The number of benzene rings is 2. The Bertz CT molecular complexity index is 2220. The third kappa shape index (κ3) is 11.0. The summed E-state index contributed by atoms with van der Waals surface area (Å²) in [7, 11) is 0. The van der Waals surface area contributed by atoms with Crippen molar-refractivity contribution in [3.63, 3.8) is 0 Å². The van der Waals surface area contributed by atoms with Crippen LogP contribution in [0.2, 0.25) is 20.4 Å². The summed E-state index contributed by atoms with van der Waals surface area (Å²) in [4.78, 5) is 32.7. The number of esters is 1. The number of carbonyl (C=O) groups is 2. The fourth-order valence-electron chi connectivity index (χ4n) is 5.93. The van der Waals surface area contributed by atoms with Gasteiger partial charge in [0.05, 0.1) is 39.5 Å². The molecule has 280 valence electrons. The molecule has 2 aromatic carbocycles. The molecule has 0 saturated heterocycles. The molecule has 0 spiro atoms. The number of hydrogen-bond donors (Lipinski definition) is 1. The quantitative estimate of drug-likeness (QED) is 0.0822. The van der Waals surface area contributed by atoms with Gasteiger partial charge >= 0.3 is 30.8 Å². The second-order valence-corrected chi connectivity index (χ2v) is 15.6. The summed E-state index contributed by atoms with van der Waals surface area (Å²) in [6.45, 7) is 10.7. The van der Waals surface area contributed by atoms with Crippen LogP contribution >= 0.6 is 46.4 Å². The number of carboxylic acids is 1. The Morgan fingerprint density at radius 1 is 0.667 bits per heavy atom. The van der Waals surface area contributed by atoms with Crippen LogP contribution in [-0.4, -0.2) is 48.2 Å². The minimum absolute atomic E-state index is 0. The topological polar surface area (TPSA) is 129 Å². The zero-order valence-electron chi connectivity index (χ0n) is 31.0. The average Bonchev–Trinajstić information content (AvgIpc) is 3.57. The van der Waals surface area contributed by atoms with Crippen LogP contribution in [0, 0.1) is 10.8 Å². The molecular formula is C40H41Cl4LiN4O5. The van der Waals surface area contributed by atoms with Crippen molar-refractivity contribution in [1.82, 2.24) is 19.1 Å². The van der Waals surface area contributed by atoms with E-state index in [4.69, 9.17) is 51.1 Å². The second-order valence-electron chi connectivity index (χ2n) is 13.9. The van der Waals surface area contributed by atoms with Crippen LogP contribution in [0.25, 0.3) is 22.1 Å². The van der Waals surface area contributed by atoms with Gasteiger partial charge in [0.1, 0.15) is 10.3 Å². The standard InChI is InChI=1S/C21H22Cl2N2O2.C19H18Cl2N2O2.Li.H2O/c1-4-27-20(26)21(2,3)12-16-11-17-18(9-10-19(23)24-17)25(16)13-14-5-7-15(22)8-6-14;1-19(2,18(24)25)10-14-9-15-16(7-8-17(21)22-15)23(14)11-12-3-5-13(20)6-4-12;;/h5-11H,4,12-13H2,1-3H3;3-9H,10-11H2,1-2H3,(H,24,25);;1H2/q;;+1;/p-1. The van der Waals surface area contributed by atoms with Crippen LogP contribution in [-0.2, 0) is 40.3 Å². The molecule has 0 amide bonds. The average molecular weight is 807 g/mol. The first-order valence-electron chi connectivity index (χ1n) is 16.7. The maximum absolute atomic E-state index is 12.4. The molecule has 6 aromatic rings. The van der Waals surface area contributed by atoms with Gasteiger partial charge in [-0.2, -0.15) is 0 Å². The molecule has 2 N–H and O–H groups in total. The molecular weight excluding hydrogens is 765 g/mol. The number of nitrogens with zero attached hydrogens (tertiary/aromatic N) is 4. The van der Waals surface area contributed by atoms with Crippen molar-refractivity contribution in [2.24, 2.45) is 10.8 Å². The van der Waals surface area contributed by atoms with E-state index < -0.39 is 16.8 Å². The van der Waals surface area contributed by atoms with E-state index in [0.29, 0.717) is 52.9 Å². The Kier molecular flexibility index (Phi) is 15.7. The maximum atomic E-state index is 12.4. The molecule has 14 heteroatoms. The molecule has 0 saturated carbocycles. The van der Waals surface area contributed by atoms with Gasteiger partial charge in [-0.1, -0.05) is 70.7 Å². The second kappa shape index (κ2) is 18.9. The van der Waals surface area contributed by atoms with Gasteiger partial charge in [0.15, 0.2) is 0 Å². The summed E-state index contributed by atoms with van der Waals surface area (Å²) in [6, 6.07) is 26.7. The Labute approximate surface area is 347 Å². The van der Waals surface area contributed by atoms with Crippen LogP contribution in [0.15, 0.2) is 84.9 Å². The van der Waals surface area contributed by atoms with Crippen molar-refractivity contribution >= 4 is 80.4 Å². The predicted octanol–water partition coefficient (Wildman–Crippen LogP) is 7.40. The van der Waals surface area contributed by atoms with Crippen molar-refractivity contribution in [3.8, 4) is 0 Å². The number of pyridine rings is 2. The third-order valence-corrected chi connectivity index (χ3v) is 9.70. The molecule has 54 heavy (non-hydrogen) atoms. The molecule has 0 radical (unpaired) electrons. The minimum atomic E-state index is -0.879. The van der Waals surface area contributed by atoms with Gasteiger partial charge in [0, 0.05) is 47.4 Å². The SMILES string of the molecule is CC(C)(Cc1cc2nc(Cl)ccc2n1Cc1ccc(Cl)cc1)C(=O)O.CCOC(=O)C(C)(C)Cc1cc2nc(Cl)ccc2n1Cc1ccc(Cl)cc1.[Li+].[OH-]. The maximum Gasteiger partial charge on any atom is 1.00 e. The van der Waals surface area contributed by atoms with Crippen molar-refractivity contribution in [3.05, 3.63) is 128 Å². The van der Waals surface area contributed by atoms with Gasteiger partial charge in [0.25, 0.3) is 0 Å². The van der Waals surface area contributed by atoms with Crippen LogP contribution in [0.4, 0.5) is 0 Å². The number of carboxylic acid groups (broad SMARTS) is 1. The summed E-state index contributed by atoms with van der Waals surface area (Å²) in [5, 5.41) is 11.7. The molecule has 0 aliphatic rings. The van der Waals surface area contributed by atoms with E-state index in [1.165, 1.54) is 0 Å². The number of aromatic nitrogens is 4. The van der Waals surface area contributed by atoms with E-state index in [-0.39, 0.29) is 30.3 Å². The molecule has 0 aliphatic heterocycles. The zero-order valence-corrected chi connectivity index (χ0v) is 34.1. The molecule has 4 aromatic heterocycles. The smallest absolute Gasteiger partial charge is 0.870 e. The number of hydrogen-bond acceptors (Lipinski definition) is 6. The molecule has 6 rings (SSSR count). The molecule has 0 unspecified atom stereocenters. The number of fused-ring (bicyclic) bond motifs is 2. The Balaban J connectivity index is 0.000000281. The van der Waals surface area contributed by atoms with E-state index in [1.807, 2.05) is 93.6 Å². The number of rotatable bonds is 11. The predicted molar refractivity (Wildman–Crippen MR) is 212 cm³/mol. The number of ether oxygens (including phenoxy) is 1. The molecule has 9 nitrogen and oxygen atoms in total. The summed E-state index contributed by atoms with van der Waals surface area (Å²) in [5.41, 5.74) is 6.05. The number of aliphatic carboxylic acids is 1. The van der Waals surface area contributed by atoms with Gasteiger partial charge in [-0.25, -0.2) is 9.97 Å². The summed E-state index contributed by atoms with van der Waals surface area (Å²) in [5.74, 6) is -1.04. The molecule has 0 fully saturated rings. The summed E-state index contributed by atoms with van der Waals surface area (Å²) in [6.07, 6.45) is 0.928. The van der Waals surface area contributed by atoms with Gasteiger partial charge in [-0.15, -0.1) is 0 Å². The Hall–Kier alpha value is -3.52. The van der Waals surface area contributed by atoms with Crippen LogP contribution in [0.5, 0.6) is 0 Å². The first-order chi connectivity index (χ1) is 24.6. The fraction of sp³-hybridized carbons (Fsp3) is 0.300. The van der Waals surface area contributed by atoms with E-state index in [9.17, 15) is 14.7 Å². The summed E-state index contributed by atoms with van der Waals surface area (Å²) >= 11 is 24.1. The zero-order chi connectivity index (χ0) is 37.8. The van der Waals surface area contributed by atoms with Crippen molar-refractivity contribution < 1.29 is 43.8 Å². The van der Waals surface area contributed by atoms with E-state index in [0.717, 1.165) is 44.6 Å². The van der Waals surface area contributed by atoms with Gasteiger partial charge in [0.2, 0.25) is 0 Å². The largest absolute Gasteiger partial charge is 1.00 e. The molecule has 4 heterocycles. The van der Waals surface area contributed by atoms with Crippen molar-refractivity contribution in [2.45, 2.75) is 60.5 Å². The third-order valence-electron chi connectivity index (χ3n) is 8.78. The monoisotopic (exact) mass is 804 g/mol. The Morgan fingerprint density at radius 2 is 1.06 bits per heavy atom. The molecule has 0 bridgehead atoms. The minimum Gasteiger partial charge on any atom is -0.870 e. The van der Waals surface area contributed by atoms with E-state index in [1.54, 1.807) is 26.0 Å². The first-order valence-corrected chi connectivity index (χ1v) is 18.3. The van der Waals surface area contributed by atoms with E-state index >= 15 is 0 Å². The molecule has 0 aliphatic carbocycles. The number of halogens is 4. The van der Waals surface area contributed by atoms with Gasteiger partial charge in [-0.05, 0) is 106 Å². The van der Waals surface area contributed by atoms with Crippen LogP contribution in [0.1, 0.15) is 57.1 Å². The van der Waals surface area contributed by atoms with Gasteiger partial charge in [-0.3, -0.25) is 9.59 Å². The molecule has 0 atom stereocenters. The van der Waals surface area contributed by atoms with Crippen molar-refractivity contribution in [1.29, 1.82) is 0 Å². The Morgan fingerprint density at radius 3 is 1.43 bits per heavy atom. The first kappa shape index (κ1) is 44.9. The normalized spacial score (nSPS) is 11.4. The van der Waals surface area contributed by atoms with Gasteiger partial charge < -0.3 is 24.5 Å². The summed E-state index contributed by atoms with van der Waals surface area (Å²) < 4.78 is 9.50.